The Morgan fingerprint density at radius 1 is 1.60 bits per heavy atom. The van der Waals surface area contributed by atoms with Crippen molar-refractivity contribution in [2.45, 2.75) is 19.8 Å². The maximum Gasteiger partial charge on any atom is 0.0436 e. The molecule has 2 nitrogen and oxygen atoms in total. The largest absolute Gasteiger partial charge is 0.396 e. The Morgan fingerprint density at radius 2 is 2.30 bits per heavy atom. The number of rotatable bonds is 2. The van der Waals surface area contributed by atoms with Crippen LogP contribution in [0.5, 0.6) is 0 Å². The van der Waals surface area contributed by atoms with Crippen LogP contribution in [0.25, 0.3) is 0 Å². The van der Waals surface area contributed by atoms with Crippen LogP contribution in [0.4, 0.5) is 0 Å². The quantitative estimate of drug-likeness (QED) is 0.615. The Kier molecular flexibility index (Phi) is 2.32. The van der Waals surface area contributed by atoms with E-state index < -0.39 is 0 Å². The topological polar surface area (TPSA) is 23.5 Å². The van der Waals surface area contributed by atoms with Crippen molar-refractivity contribution in [2.24, 2.45) is 5.41 Å². The minimum absolute atomic E-state index is 0.338. The lowest BCUT2D eigenvalue weighted by molar-refractivity contribution is 0.200. The fourth-order valence-electron chi connectivity index (χ4n) is 1.74. The van der Waals surface area contributed by atoms with Crippen molar-refractivity contribution in [3.8, 4) is 0 Å². The fourth-order valence-corrected chi connectivity index (χ4v) is 1.74. The Morgan fingerprint density at radius 3 is 2.70 bits per heavy atom. The highest BCUT2D eigenvalue weighted by Gasteiger charge is 2.30. The average Bonchev–Trinajstić information content (AvgIpc) is 2.12. The van der Waals surface area contributed by atoms with Crippen LogP contribution in [0.2, 0.25) is 0 Å². The summed E-state index contributed by atoms with van der Waals surface area (Å²) in [6.07, 6.45) is 2.20. The maximum absolute atomic E-state index is 8.76. The van der Waals surface area contributed by atoms with E-state index >= 15 is 0 Å². The standard InChI is InChI=1S/C8H17NO/c1-8(4-6-10)3-5-9(2)7-8/h10H,3-7H2,1-2H3. The van der Waals surface area contributed by atoms with Crippen molar-refractivity contribution in [3.63, 3.8) is 0 Å². The van der Waals surface area contributed by atoms with Gasteiger partial charge in [0.2, 0.25) is 0 Å². The molecule has 0 aromatic heterocycles. The molecule has 1 heterocycles. The van der Waals surface area contributed by atoms with Gasteiger partial charge < -0.3 is 10.0 Å². The number of aliphatic hydroxyl groups is 1. The second kappa shape index (κ2) is 2.89. The van der Waals surface area contributed by atoms with E-state index in [0.29, 0.717) is 12.0 Å². The summed E-state index contributed by atoms with van der Waals surface area (Å²) in [5.74, 6) is 0. The lowest BCUT2D eigenvalue weighted by Crippen LogP contribution is -2.22. The highest BCUT2D eigenvalue weighted by Crippen LogP contribution is 2.31. The molecule has 1 saturated heterocycles. The molecule has 0 aromatic carbocycles. The Hall–Kier alpha value is -0.0800. The van der Waals surface area contributed by atoms with Crippen molar-refractivity contribution in [1.29, 1.82) is 0 Å². The lowest BCUT2D eigenvalue weighted by atomic mass is 9.86. The van der Waals surface area contributed by atoms with Gasteiger partial charge in [-0.2, -0.15) is 0 Å². The third-order valence-electron chi connectivity index (χ3n) is 2.46. The first-order valence-corrected chi connectivity index (χ1v) is 3.96. The molecule has 2 heteroatoms. The summed E-state index contributed by atoms with van der Waals surface area (Å²) >= 11 is 0. The molecule has 0 radical (unpaired) electrons. The van der Waals surface area contributed by atoms with Gasteiger partial charge >= 0.3 is 0 Å². The van der Waals surface area contributed by atoms with Crippen molar-refractivity contribution in [1.82, 2.24) is 4.90 Å². The van der Waals surface area contributed by atoms with E-state index in [1.807, 2.05) is 0 Å². The van der Waals surface area contributed by atoms with Crippen LogP contribution in [0.3, 0.4) is 0 Å². The van der Waals surface area contributed by atoms with E-state index in [-0.39, 0.29) is 0 Å². The van der Waals surface area contributed by atoms with Crippen LogP contribution in [0.15, 0.2) is 0 Å². The Bertz CT molecular complexity index is 112. The second-order valence-electron chi connectivity index (χ2n) is 3.77. The molecule has 60 valence electrons. The third kappa shape index (κ3) is 1.70. The van der Waals surface area contributed by atoms with Gasteiger partial charge in [-0.25, -0.2) is 0 Å². The molecule has 0 aliphatic carbocycles. The molecule has 1 rings (SSSR count). The molecule has 0 spiro atoms. The van der Waals surface area contributed by atoms with Crippen LogP contribution in [-0.2, 0) is 0 Å². The molecule has 0 saturated carbocycles. The zero-order valence-electron chi connectivity index (χ0n) is 6.93. The monoisotopic (exact) mass is 143 g/mol. The fraction of sp³-hybridized carbons (Fsp3) is 1.00. The van der Waals surface area contributed by atoms with Crippen LogP contribution in [0.1, 0.15) is 19.8 Å². The maximum atomic E-state index is 8.76. The minimum atomic E-state index is 0.338. The van der Waals surface area contributed by atoms with Crippen LogP contribution in [0, 0.1) is 5.41 Å². The van der Waals surface area contributed by atoms with E-state index in [1.165, 1.54) is 13.0 Å². The number of hydrogen-bond donors (Lipinski definition) is 1. The molecule has 0 aromatic rings. The highest BCUT2D eigenvalue weighted by molar-refractivity contribution is 4.84. The van der Waals surface area contributed by atoms with Gasteiger partial charge in [0.15, 0.2) is 0 Å². The molecule has 1 fully saturated rings. The zero-order valence-corrected chi connectivity index (χ0v) is 6.93. The van der Waals surface area contributed by atoms with Gasteiger partial charge in [-0.1, -0.05) is 6.92 Å². The first-order chi connectivity index (χ1) is 4.66. The Labute approximate surface area is 62.8 Å². The van der Waals surface area contributed by atoms with Crippen LogP contribution >= 0.6 is 0 Å². The summed E-state index contributed by atoms with van der Waals surface area (Å²) in [5, 5.41) is 8.76. The SMILES string of the molecule is CN1CCC(C)(CCO)C1. The molecule has 1 atom stereocenters. The minimum Gasteiger partial charge on any atom is -0.396 e. The molecule has 10 heavy (non-hydrogen) atoms. The molecule has 1 N–H and O–H groups in total. The molecule has 0 amide bonds. The second-order valence-corrected chi connectivity index (χ2v) is 3.77. The van der Waals surface area contributed by atoms with Gasteiger partial charge in [-0.05, 0) is 31.8 Å². The smallest absolute Gasteiger partial charge is 0.0436 e. The number of nitrogens with zero attached hydrogens (tertiary/aromatic N) is 1. The molecular weight excluding hydrogens is 126 g/mol. The van der Waals surface area contributed by atoms with E-state index in [2.05, 4.69) is 18.9 Å². The molecule has 1 unspecified atom stereocenters. The number of hydrogen-bond acceptors (Lipinski definition) is 2. The van der Waals surface area contributed by atoms with E-state index in [9.17, 15) is 0 Å². The predicted octanol–water partition coefficient (Wildman–Crippen LogP) is 0.711. The zero-order chi connectivity index (χ0) is 7.61. The van der Waals surface area contributed by atoms with E-state index in [0.717, 1.165) is 13.0 Å². The molecule has 1 aliphatic rings. The molecule has 1 aliphatic heterocycles. The number of likely N-dealkylation sites (tertiary alicyclic amines) is 1. The van der Waals surface area contributed by atoms with Gasteiger partial charge in [-0.15, -0.1) is 0 Å². The van der Waals surface area contributed by atoms with Crippen molar-refractivity contribution in [3.05, 3.63) is 0 Å². The van der Waals surface area contributed by atoms with Crippen molar-refractivity contribution >= 4 is 0 Å². The average molecular weight is 143 g/mol. The third-order valence-corrected chi connectivity index (χ3v) is 2.46. The summed E-state index contributed by atoms with van der Waals surface area (Å²) in [5.41, 5.74) is 0.392. The molecule has 0 bridgehead atoms. The van der Waals surface area contributed by atoms with Gasteiger partial charge in [0.05, 0.1) is 0 Å². The van der Waals surface area contributed by atoms with Gasteiger partial charge in [-0.3, -0.25) is 0 Å². The summed E-state index contributed by atoms with van der Waals surface area (Å²) in [4.78, 5) is 2.33. The lowest BCUT2D eigenvalue weighted by Gasteiger charge is -2.21. The summed E-state index contributed by atoms with van der Waals surface area (Å²) in [7, 11) is 2.14. The van der Waals surface area contributed by atoms with E-state index in [1.54, 1.807) is 0 Å². The first kappa shape index (κ1) is 8.02. The summed E-state index contributed by atoms with van der Waals surface area (Å²) in [6.45, 7) is 4.93. The Balaban J connectivity index is 2.38. The van der Waals surface area contributed by atoms with Gasteiger partial charge in [0.25, 0.3) is 0 Å². The predicted molar refractivity (Wildman–Crippen MR) is 41.9 cm³/mol. The van der Waals surface area contributed by atoms with Crippen LogP contribution < -0.4 is 0 Å². The first-order valence-electron chi connectivity index (χ1n) is 3.96. The summed E-state index contributed by atoms with van der Waals surface area (Å²) in [6, 6.07) is 0. The van der Waals surface area contributed by atoms with Crippen molar-refractivity contribution in [2.75, 3.05) is 26.7 Å². The van der Waals surface area contributed by atoms with E-state index in [4.69, 9.17) is 5.11 Å². The van der Waals surface area contributed by atoms with Gasteiger partial charge in [0, 0.05) is 13.2 Å². The number of aliphatic hydroxyl groups excluding tert-OH is 1. The summed E-state index contributed by atoms with van der Waals surface area (Å²) < 4.78 is 0. The normalized spacial score (nSPS) is 35.1. The van der Waals surface area contributed by atoms with Crippen molar-refractivity contribution < 1.29 is 5.11 Å². The molecular formula is C8H17NO. The van der Waals surface area contributed by atoms with Gasteiger partial charge in [0.1, 0.15) is 0 Å². The van der Waals surface area contributed by atoms with Crippen LogP contribution in [-0.4, -0.2) is 36.8 Å². The highest BCUT2D eigenvalue weighted by atomic mass is 16.3.